The topological polar surface area (TPSA) is 79.2 Å². The van der Waals surface area contributed by atoms with Crippen molar-refractivity contribution in [3.05, 3.63) is 71.3 Å². The van der Waals surface area contributed by atoms with E-state index in [1.807, 2.05) is 36.4 Å². The predicted molar refractivity (Wildman–Crippen MR) is 84.3 cm³/mol. The summed E-state index contributed by atoms with van der Waals surface area (Å²) in [6.45, 7) is 1.89. The van der Waals surface area contributed by atoms with Gasteiger partial charge in [0.1, 0.15) is 0 Å². The van der Waals surface area contributed by atoms with Crippen LogP contribution < -0.4 is 5.32 Å². The highest BCUT2D eigenvalue weighted by molar-refractivity contribution is 5.92. The van der Waals surface area contributed by atoms with E-state index < -0.39 is 12.1 Å². The number of nitrogens with zero attached hydrogens (tertiary/aromatic N) is 1. The van der Waals surface area contributed by atoms with E-state index in [1.165, 1.54) is 31.2 Å². The lowest BCUT2D eigenvalue weighted by molar-refractivity contribution is -0.129. The van der Waals surface area contributed by atoms with Crippen LogP contribution in [-0.2, 0) is 16.1 Å². The van der Waals surface area contributed by atoms with E-state index in [2.05, 4.69) is 5.32 Å². The van der Waals surface area contributed by atoms with E-state index in [-0.39, 0.29) is 5.91 Å². The Hall–Kier alpha value is -3.13. The Kier molecular flexibility index (Phi) is 5.48. The minimum Gasteiger partial charge on any atom is -0.449 e. The molecule has 2 aromatic carbocycles. The summed E-state index contributed by atoms with van der Waals surface area (Å²) >= 11 is 0. The summed E-state index contributed by atoms with van der Waals surface area (Å²) in [6.07, 6.45) is -0.901. The van der Waals surface area contributed by atoms with Crippen molar-refractivity contribution in [2.24, 2.45) is 0 Å². The third-order valence-electron chi connectivity index (χ3n) is 3.21. The van der Waals surface area contributed by atoms with Crippen LogP contribution in [0.2, 0.25) is 0 Å². The van der Waals surface area contributed by atoms with Crippen molar-refractivity contribution in [2.75, 3.05) is 0 Å². The Bertz CT molecular complexity index is 718. The van der Waals surface area contributed by atoms with Gasteiger partial charge in [-0.05, 0) is 36.8 Å². The molecular formula is C18H16N2O3. The molecule has 0 spiro atoms. The average molecular weight is 308 g/mol. The maximum Gasteiger partial charge on any atom is 0.338 e. The molecule has 116 valence electrons. The molecule has 0 unspecified atom stereocenters. The van der Waals surface area contributed by atoms with E-state index in [0.717, 1.165) is 5.56 Å². The third-order valence-corrected chi connectivity index (χ3v) is 3.21. The second kappa shape index (κ2) is 7.76. The molecular weight excluding hydrogens is 292 g/mol. The Morgan fingerprint density at radius 1 is 1.13 bits per heavy atom. The van der Waals surface area contributed by atoms with Crippen molar-refractivity contribution in [1.82, 2.24) is 5.32 Å². The second-order valence-electron chi connectivity index (χ2n) is 4.94. The number of amides is 1. The molecule has 0 aliphatic rings. The summed E-state index contributed by atoms with van der Waals surface area (Å²) < 4.78 is 5.13. The molecule has 2 aromatic rings. The van der Waals surface area contributed by atoms with Crippen molar-refractivity contribution >= 4 is 11.9 Å². The lowest BCUT2D eigenvalue weighted by Gasteiger charge is -2.13. The number of hydrogen-bond donors (Lipinski definition) is 1. The number of ether oxygens (including phenoxy) is 1. The SMILES string of the molecule is C[C@@H](OC(=O)c1ccc(C#N)cc1)C(=O)NCc1ccccc1. The highest BCUT2D eigenvalue weighted by atomic mass is 16.5. The fourth-order valence-electron chi connectivity index (χ4n) is 1.89. The van der Waals surface area contributed by atoms with Gasteiger partial charge in [-0.3, -0.25) is 4.79 Å². The summed E-state index contributed by atoms with van der Waals surface area (Å²) in [4.78, 5) is 23.9. The minimum atomic E-state index is -0.901. The van der Waals surface area contributed by atoms with Crippen LogP contribution >= 0.6 is 0 Å². The van der Waals surface area contributed by atoms with E-state index in [9.17, 15) is 9.59 Å². The first kappa shape index (κ1) is 16.2. The Labute approximate surface area is 134 Å². The van der Waals surface area contributed by atoms with Gasteiger partial charge in [-0.15, -0.1) is 0 Å². The van der Waals surface area contributed by atoms with Crippen LogP contribution in [0, 0.1) is 11.3 Å². The molecule has 0 heterocycles. The van der Waals surface area contributed by atoms with E-state index in [1.54, 1.807) is 0 Å². The molecule has 5 heteroatoms. The molecule has 0 bridgehead atoms. The average Bonchev–Trinajstić information content (AvgIpc) is 2.60. The van der Waals surface area contributed by atoms with E-state index in [4.69, 9.17) is 10.00 Å². The molecule has 0 radical (unpaired) electrons. The van der Waals surface area contributed by atoms with Gasteiger partial charge in [-0.2, -0.15) is 5.26 Å². The molecule has 1 N–H and O–H groups in total. The van der Waals surface area contributed by atoms with E-state index in [0.29, 0.717) is 17.7 Å². The largest absolute Gasteiger partial charge is 0.449 e. The van der Waals surface area contributed by atoms with Gasteiger partial charge in [0.05, 0.1) is 17.2 Å². The molecule has 5 nitrogen and oxygen atoms in total. The third kappa shape index (κ3) is 4.68. The Morgan fingerprint density at radius 2 is 1.78 bits per heavy atom. The predicted octanol–water partition coefficient (Wildman–Crippen LogP) is 2.42. The lowest BCUT2D eigenvalue weighted by Crippen LogP contribution is -2.35. The number of benzene rings is 2. The first-order chi connectivity index (χ1) is 11.1. The lowest BCUT2D eigenvalue weighted by atomic mass is 10.1. The summed E-state index contributed by atoms with van der Waals surface area (Å²) in [5.74, 6) is -0.965. The zero-order valence-electron chi connectivity index (χ0n) is 12.7. The van der Waals surface area contributed by atoms with Crippen LogP contribution in [0.1, 0.15) is 28.4 Å². The van der Waals surface area contributed by atoms with Gasteiger partial charge in [-0.25, -0.2) is 4.79 Å². The Morgan fingerprint density at radius 3 is 2.39 bits per heavy atom. The van der Waals surface area contributed by atoms with E-state index >= 15 is 0 Å². The number of nitrogens with one attached hydrogen (secondary N) is 1. The first-order valence-corrected chi connectivity index (χ1v) is 7.13. The highest BCUT2D eigenvalue weighted by Crippen LogP contribution is 2.07. The number of carbonyl (C=O) groups excluding carboxylic acids is 2. The number of nitriles is 1. The number of esters is 1. The van der Waals surface area contributed by atoms with Crippen LogP contribution in [0.5, 0.6) is 0 Å². The Balaban J connectivity index is 1.87. The normalized spacial score (nSPS) is 11.1. The molecule has 0 fully saturated rings. The second-order valence-corrected chi connectivity index (χ2v) is 4.94. The maximum absolute atomic E-state index is 12.0. The molecule has 0 saturated carbocycles. The number of rotatable bonds is 5. The standard InChI is InChI=1S/C18H16N2O3/c1-13(17(21)20-12-15-5-3-2-4-6-15)23-18(22)16-9-7-14(11-19)8-10-16/h2-10,13H,12H2,1H3,(H,20,21)/t13-/m1/s1. The van der Waals surface area contributed by atoms with Crippen LogP contribution in [0.3, 0.4) is 0 Å². The fraction of sp³-hybridized carbons (Fsp3) is 0.167. The quantitative estimate of drug-likeness (QED) is 0.860. The monoisotopic (exact) mass is 308 g/mol. The summed E-state index contributed by atoms with van der Waals surface area (Å²) in [5.41, 5.74) is 1.72. The van der Waals surface area contributed by atoms with Crippen molar-refractivity contribution in [2.45, 2.75) is 19.6 Å². The first-order valence-electron chi connectivity index (χ1n) is 7.13. The molecule has 0 saturated heterocycles. The summed E-state index contributed by atoms with van der Waals surface area (Å²) in [7, 11) is 0. The minimum absolute atomic E-state index is 0.298. The highest BCUT2D eigenvalue weighted by Gasteiger charge is 2.18. The van der Waals surface area contributed by atoms with Crippen LogP contribution in [-0.4, -0.2) is 18.0 Å². The summed E-state index contributed by atoms with van der Waals surface area (Å²) in [6, 6.07) is 17.5. The maximum atomic E-state index is 12.0. The van der Waals surface area contributed by atoms with Gasteiger partial charge in [0.15, 0.2) is 6.10 Å². The van der Waals surface area contributed by atoms with Crippen molar-refractivity contribution in [3.63, 3.8) is 0 Å². The van der Waals surface area contributed by atoms with Crippen molar-refractivity contribution in [3.8, 4) is 6.07 Å². The summed E-state index contributed by atoms with van der Waals surface area (Å²) in [5, 5.41) is 11.4. The zero-order valence-corrected chi connectivity index (χ0v) is 12.7. The van der Waals surface area contributed by atoms with Crippen LogP contribution in [0.4, 0.5) is 0 Å². The molecule has 23 heavy (non-hydrogen) atoms. The zero-order chi connectivity index (χ0) is 16.7. The van der Waals surface area contributed by atoms with Gasteiger partial charge in [0.25, 0.3) is 5.91 Å². The molecule has 2 rings (SSSR count). The molecule has 1 atom stereocenters. The van der Waals surface area contributed by atoms with Crippen molar-refractivity contribution < 1.29 is 14.3 Å². The molecule has 0 aliphatic heterocycles. The smallest absolute Gasteiger partial charge is 0.338 e. The molecule has 0 aromatic heterocycles. The number of carbonyl (C=O) groups is 2. The van der Waals surface area contributed by atoms with Gasteiger partial charge < -0.3 is 10.1 Å². The van der Waals surface area contributed by atoms with Gasteiger partial charge in [-0.1, -0.05) is 30.3 Å². The molecule has 1 amide bonds. The van der Waals surface area contributed by atoms with Crippen LogP contribution in [0.15, 0.2) is 54.6 Å². The van der Waals surface area contributed by atoms with Gasteiger partial charge >= 0.3 is 5.97 Å². The van der Waals surface area contributed by atoms with Crippen LogP contribution in [0.25, 0.3) is 0 Å². The van der Waals surface area contributed by atoms with Gasteiger partial charge in [0.2, 0.25) is 0 Å². The fourth-order valence-corrected chi connectivity index (χ4v) is 1.89. The van der Waals surface area contributed by atoms with Gasteiger partial charge in [0, 0.05) is 6.54 Å². The van der Waals surface area contributed by atoms with Crippen molar-refractivity contribution in [1.29, 1.82) is 5.26 Å². The number of hydrogen-bond acceptors (Lipinski definition) is 4. The molecule has 0 aliphatic carbocycles.